The second-order valence-corrected chi connectivity index (χ2v) is 5.85. The van der Waals surface area contributed by atoms with Crippen LogP contribution in [0.3, 0.4) is 0 Å². The Hall–Kier alpha value is -2.81. The van der Waals surface area contributed by atoms with Crippen LogP contribution in [0.1, 0.15) is 6.92 Å². The van der Waals surface area contributed by atoms with Crippen LogP contribution in [0.15, 0.2) is 58.1 Å². The molecular formula is C13H10N2O6S. The first-order valence-corrected chi connectivity index (χ1v) is 7.37. The van der Waals surface area contributed by atoms with Gasteiger partial charge in [-0.1, -0.05) is 11.2 Å². The van der Waals surface area contributed by atoms with Crippen molar-refractivity contribution in [1.82, 2.24) is 0 Å². The number of nitro benzene ring substituents is 1. The average Bonchev–Trinajstić information content (AvgIpc) is 2.48. The summed E-state index contributed by atoms with van der Waals surface area (Å²) in [7, 11) is -4.29. The minimum absolute atomic E-state index is 0.145. The van der Waals surface area contributed by atoms with Crippen LogP contribution in [0, 0.1) is 10.1 Å². The maximum Gasteiger partial charge on any atom is 0.358 e. The summed E-state index contributed by atoms with van der Waals surface area (Å²) in [5.74, 6) is -0.208. The van der Waals surface area contributed by atoms with E-state index in [-0.39, 0.29) is 22.1 Å². The number of allylic oxidation sites excluding steroid dienone is 4. The molecule has 114 valence electrons. The van der Waals surface area contributed by atoms with Crippen molar-refractivity contribution in [3.05, 3.63) is 58.2 Å². The molecule has 0 radical (unpaired) electrons. The maximum absolute atomic E-state index is 11.9. The fourth-order valence-electron chi connectivity index (χ4n) is 1.58. The smallest absolute Gasteiger partial charge is 0.290 e. The summed E-state index contributed by atoms with van der Waals surface area (Å²) in [6, 6.07) is 4.41. The van der Waals surface area contributed by atoms with Crippen LogP contribution < -0.4 is 0 Å². The molecule has 1 aromatic rings. The highest BCUT2D eigenvalue weighted by Gasteiger charge is 2.19. The lowest BCUT2D eigenvalue weighted by Crippen LogP contribution is -2.08. The van der Waals surface area contributed by atoms with E-state index in [1.807, 2.05) is 0 Å². The third-order valence-electron chi connectivity index (χ3n) is 2.72. The van der Waals surface area contributed by atoms with Gasteiger partial charge in [-0.15, -0.1) is 0 Å². The fraction of sp³-hybridized carbons (Fsp3) is 0.0769. The van der Waals surface area contributed by atoms with Crippen molar-refractivity contribution >= 4 is 27.3 Å². The Balaban J connectivity index is 2.26. The monoisotopic (exact) mass is 322 g/mol. The van der Waals surface area contributed by atoms with Crippen LogP contribution in [0.5, 0.6) is 0 Å². The largest absolute Gasteiger partial charge is 0.358 e. The van der Waals surface area contributed by atoms with Gasteiger partial charge in [0.1, 0.15) is 10.6 Å². The van der Waals surface area contributed by atoms with Crippen molar-refractivity contribution in [3.63, 3.8) is 0 Å². The Labute approximate surface area is 125 Å². The van der Waals surface area contributed by atoms with E-state index in [1.54, 1.807) is 6.92 Å². The van der Waals surface area contributed by atoms with Gasteiger partial charge in [-0.2, -0.15) is 8.42 Å². The summed E-state index contributed by atoms with van der Waals surface area (Å²) < 4.78 is 28.4. The SMILES string of the molecule is CC1=C/C(=N/OS(=O)(=O)c2cccc([N+](=O)[O-])c2)C=CC1=O. The van der Waals surface area contributed by atoms with Gasteiger partial charge in [0, 0.05) is 12.1 Å². The predicted octanol–water partition coefficient (Wildman–Crippen LogP) is 1.74. The number of nitrogens with zero attached hydrogens (tertiary/aromatic N) is 2. The zero-order valence-electron chi connectivity index (χ0n) is 11.3. The summed E-state index contributed by atoms with van der Waals surface area (Å²) in [5, 5.41) is 14.1. The van der Waals surface area contributed by atoms with Crippen molar-refractivity contribution in [2.24, 2.45) is 5.16 Å². The van der Waals surface area contributed by atoms with Crippen LogP contribution in [-0.4, -0.2) is 24.8 Å². The number of carbonyl (C=O) groups excluding carboxylic acids is 1. The second kappa shape index (κ2) is 5.90. The van der Waals surface area contributed by atoms with Gasteiger partial charge >= 0.3 is 10.1 Å². The number of nitro groups is 1. The van der Waals surface area contributed by atoms with E-state index < -0.39 is 15.0 Å². The van der Waals surface area contributed by atoms with Crippen LogP contribution in [0.25, 0.3) is 0 Å². The molecule has 0 amide bonds. The van der Waals surface area contributed by atoms with E-state index in [4.69, 9.17) is 0 Å². The van der Waals surface area contributed by atoms with Crippen LogP contribution in [-0.2, 0) is 19.2 Å². The van der Waals surface area contributed by atoms with Crippen molar-refractivity contribution < 1.29 is 22.4 Å². The number of benzene rings is 1. The molecule has 1 aliphatic carbocycles. The third kappa shape index (κ3) is 3.44. The Bertz CT molecular complexity index is 836. The number of ketones is 1. The third-order valence-corrected chi connectivity index (χ3v) is 3.82. The molecule has 0 bridgehead atoms. The molecule has 22 heavy (non-hydrogen) atoms. The summed E-state index contributed by atoms with van der Waals surface area (Å²) >= 11 is 0. The molecule has 9 heteroatoms. The molecule has 0 N–H and O–H groups in total. The maximum atomic E-state index is 11.9. The van der Waals surface area contributed by atoms with E-state index in [1.165, 1.54) is 24.3 Å². The van der Waals surface area contributed by atoms with E-state index in [2.05, 4.69) is 9.44 Å². The molecule has 0 fully saturated rings. The van der Waals surface area contributed by atoms with Crippen molar-refractivity contribution in [1.29, 1.82) is 0 Å². The van der Waals surface area contributed by atoms with Crippen molar-refractivity contribution in [2.75, 3.05) is 0 Å². The Morgan fingerprint density at radius 3 is 2.64 bits per heavy atom. The normalized spacial score (nSPS) is 16.5. The minimum atomic E-state index is -4.29. The zero-order chi connectivity index (χ0) is 16.3. The topological polar surface area (TPSA) is 116 Å². The van der Waals surface area contributed by atoms with E-state index in [0.29, 0.717) is 5.57 Å². The Kier molecular flexibility index (Phi) is 4.18. The molecule has 0 saturated carbocycles. The first-order valence-electron chi connectivity index (χ1n) is 5.96. The number of rotatable bonds is 4. The van der Waals surface area contributed by atoms with Gasteiger partial charge in [0.05, 0.1) is 4.92 Å². The van der Waals surface area contributed by atoms with Crippen LogP contribution in [0.4, 0.5) is 5.69 Å². The molecule has 8 nitrogen and oxygen atoms in total. The number of hydrogen-bond acceptors (Lipinski definition) is 7. The highest BCUT2D eigenvalue weighted by molar-refractivity contribution is 7.86. The van der Waals surface area contributed by atoms with Gasteiger partial charge in [-0.05, 0) is 36.8 Å². The molecular weight excluding hydrogens is 312 g/mol. The van der Waals surface area contributed by atoms with Gasteiger partial charge < -0.3 is 0 Å². The molecule has 0 atom stereocenters. The molecule has 0 heterocycles. The molecule has 1 aliphatic rings. The highest BCUT2D eigenvalue weighted by Crippen LogP contribution is 2.19. The molecule has 0 spiro atoms. The van der Waals surface area contributed by atoms with Crippen molar-refractivity contribution in [2.45, 2.75) is 11.8 Å². The lowest BCUT2D eigenvalue weighted by atomic mass is 10.1. The van der Waals surface area contributed by atoms with Crippen molar-refractivity contribution in [3.8, 4) is 0 Å². The highest BCUT2D eigenvalue weighted by atomic mass is 32.2. The first-order chi connectivity index (χ1) is 10.3. The van der Waals surface area contributed by atoms with E-state index in [0.717, 1.165) is 18.2 Å². The van der Waals surface area contributed by atoms with E-state index in [9.17, 15) is 23.3 Å². The summed E-state index contributed by atoms with van der Waals surface area (Å²) in [6.45, 7) is 1.55. The summed E-state index contributed by atoms with van der Waals surface area (Å²) in [6.07, 6.45) is 3.90. The van der Waals surface area contributed by atoms with E-state index >= 15 is 0 Å². The quantitative estimate of drug-likeness (QED) is 0.473. The molecule has 1 aromatic carbocycles. The van der Waals surface area contributed by atoms with Gasteiger partial charge in [0.25, 0.3) is 5.69 Å². The minimum Gasteiger partial charge on any atom is -0.290 e. The number of oxime groups is 1. The first kappa shape index (κ1) is 15.6. The fourth-order valence-corrected chi connectivity index (χ4v) is 2.36. The number of non-ortho nitro benzene ring substituents is 1. The number of carbonyl (C=O) groups is 1. The predicted molar refractivity (Wildman–Crippen MR) is 76.7 cm³/mol. The Morgan fingerprint density at radius 2 is 2.00 bits per heavy atom. The number of hydrogen-bond donors (Lipinski definition) is 0. The zero-order valence-corrected chi connectivity index (χ0v) is 12.1. The van der Waals surface area contributed by atoms with Gasteiger partial charge in [-0.3, -0.25) is 19.2 Å². The molecule has 0 saturated heterocycles. The standard InChI is InChI=1S/C13H10N2O6S/c1-9-7-10(5-6-13(9)16)14-21-22(19,20)12-4-2-3-11(8-12)15(17)18/h2-8H,1H3/b14-10+. The molecule has 0 unspecified atom stereocenters. The lowest BCUT2D eigenvalue weighted by Gasteiger charge is -2.04. The van der Waals surface area contributed by atoms with Gasteiger partial charge in [0.15, 0.2) is 5.78 Å². The molecule has 0 aromatic heterocycles. The summed E-state index contributed by atoms with van der Waals surface area (Å²) in [4.78, 5) is 20.8. The summed E-state index contributed by atoms with van der Waals surface area (Å²) in [5.41, 5.74) is 0.153. The molecule has 2 rings (SSSR count). The van der Waals surface area contributed by atoms with Gasteiger partial charge in [0.2, 0.25) is 0 Å². The van der Waals surface area contributed by atoms with Crippen LogP contribution >= 0.6 is 0 Å². The average molecular weight is 322 g/mol. The van der Waals surface area contributed by atoms with Gasteiger partial charge in [-0.25, -0.2) is 0 Å². The van der Waals surface area contributed by atoms with Crippen LogP contribution in [0.2, 0.25) is 0 Å². The lowest BCUT2D eigenvalue weighted by molar-refractivity contribution is -0.385. The Morgan fingerprint density at radius 1 is 1.27 bits per heavy atom. The molecule has 0 aliphatic heterocycles. The second-order valence-electron chi connectivity index (χ2n) is 4.32.